The summed E-state index contributed by atoms with van der Waals surface area (Å²) >= 11 is 3.42. The van der Waals surface area contributed by atoms with Crippen molar-refractivity contribution in [3.63, 3.8) is 0 Å². The molecule has 1 saturated heterocycles. The van der Waals surface area contributed by atoms with Crippen molar-refractivity contribution in [1.29, 1.82) is 0 Å². The van der Waals surface area contributed by atoms with E-state index in [2.05, 4.69) is 27.8 Å². The third-order valence-corrected chi connectivity index (χ3v) is 4.83. The van der Waals surface area contributed by atoms with E-state index < -0.39 is 0 Å². The van der Waals surface area contributed by atoms with Crippen molar-refractivity contribution >= 4 is 15.9 Å². The van der Waals surface area contributed by atoms with Crippen molar-refractivity contribution in [1.82, 2.24) is 5.32 Å². The number of ether oxygens (including phenoxy) is 1. The Morgan fingerprint density at radius 1 is 1.53 bits per heavy atom. The van der Waals surface area contributed by atoms with Gasteiger partial charge in [-0.05, 0) is 19.3 Å². The third-order valence-electron chi connectivity index (χ3n) is 4.55. The first kappa shape index (κ1) is 10.3. The molecule has 3 aliphatic rings. The zero-order chi connectivity index (χ0) is 10.5. The molecule has 1 spiro atoms. The van der Waals surface area contributed by atoms with Crippen LogP contribution in [0.2, 0.25) is 0 Å². The Hall–Kier alpha value is 0.140. The topological polar surface area (TPSA) is 21.3 Å². The normalized spacial score (nSPS) is 40.7. The lowest BCUT2D eigenvalue weighted by Crippen LogP contribution is -2.71. The van der Waals surface area contributed by atoms with Gasteiger partial charge in [0, 0.05) is 35.0 Å². The molecule has 15 heavy (non-hydrogen) atoms. The smallest absolute Gasteiger partial charge is 0.0690 e. The molecule has 2 aliphatic carbocycles. The van der Waals surface area contributed by atoms with Gasteiger partial charge in [-0.15, -0.1) is 0 Å². The summed E-state index contributed by atoms with van der Waals surface area (Å²) in [6.07, 6.45) is 5.94. The minimum Gasteiger partial charge on any atom is -0.377 e. The Morgan fingerprint density at radius 3 is 2.93 bits per heavy atom. The molecule has 0 aromatic heterocycles. The fraction of sp³-hybridized carbons (Fsp3) is 0.833. The van der Waals surface area contributed by atoms with Crippen molar-refractivity contribution in [3.05, 3.63) is 11.1 Å². The van der Waals surface area contributed by atoms with E-state index in [9.17, 15) is 0 Å². The SMILES string of the molecule is C=C(Br)CNC1C2CCOC2C12CCC2. The molecule has 2 nitrogen and oxygen atoms in total. The van der Waals surface area contributed by atoms with Gasteiger partial charge < -0.3 is 10.1 Å². The predicted octanol–water partition coefficient (Wildman–Crippen LogP) is 2.44. The van der Waals surface area contributed by atoms with Gasteiger partial charge in [-0.2, -0.15) is 0 Å². The van der Waals surface area contributed by atoms with Gasteiger partial charge in [-0.3, -0.25) is 0 Å². The highest BCUT2D eigenvalue weighted by atomic mass is 79.9. The van der Waals surface area contributed by atoms with Crippen LogP contribution in [0.1, 0.15) is 25.7 Å². The van der Waals surface area contributed by atoms with Crippen LogP contribution < -0.4 is 5.32 Å². The van der Waals surface area contributed by atoms with E-state index in [4.69, 9.17) is 4.74 Å². The van der Waals surface area contributed by atoms with Crippen LogP contribution in [0.4, 0.5) is 0 Å². The van der Waals surface area contributed by atoms with Crippen LogP contribution in [0.5, 0.6) is 0 Å². The van der Waals surface area contributed by atoms with E-state index in [0.717, 1.165) is 23.6 Å². The van der Waals surface area contributed by atoms with Crippen LogP contribution in [0, 0.1) is 11.3 Å². The highest BCUT2D eigenvalue weighted by Crippen LogP contribution is 2.62. The first-order valence-electron chi connectivity index (χ1n) is 5.92. The van der Waals surface area contributed by atoms with Crippen LogP contribution in [0.3, 0.4) is 0 Å². The van der Waals surface area contributed by atoms with Crippen molar-refractivity contribution < 1.29 is 4.74 Å². The van der Waals surface area contributed by atoms with E-state index in [1.807, 2.05) is 0 Å². The van der Waals surface area contributed by atoms with Crippen molar-refractivity contribution in [2.75, 3.05) is 13.2 Å². The van der Waals surface area contributed by atoms with Gasteiger partial charge in [0.05, 0.1) is 6.10 Å². The second kappa shape index (κ2) is 3.57. The summed E-state index contributed by atoms with van der Waals surface area (Å²) in [5.74, 6) is 0.775. The van der Waals surface area contributed by atoms with Crippen molar-refractivity contribution in [3.8, 4) is 0 Å². The molecular formula is C12H18BrNO. The minimum absolute atomic E-state index is 0.504. The largest absolute Gasteiger partial charge is 0.377 e. The summed E-state index contributed by atoms with van der Waals surface area (Å²) in [5, 5.41) is 3.66. The molecule has 0 amide bonds. The Balaban J connectivity index is 1.68. The Morgan fingerprint density at radius 2 is 2.33 bits per heavy atom. The first-order chi connectivity index (χ1) is 7.24. The second-order valence-corrected chi connectivity index (χ2v) is 6.33. The molecule has 0 bridgehead atoms. The van der Waals surface area contributed by atoms with E-state index >= 15 is 0 Å². The molecule has 1 N–H and O–H groups in total. The van der Waals surface area contributed by atoms with Gasteiger partial charge in [0.2, 0.25) is 0 Å². The van der Waals surface area contributed by atoms with Crippen LogP contribution >= 0.6 is 15.9 Å². The standard InChI is InChI=1S/C12H18BrNO/c1-8(13)7-14-10-9-3-6-15-11(9)12(10)4-2-5-12/h9-11,14H,1-7H2. The third kappa shape index (κ3) is 1.36. The van der Waals surface area contributed by atoms with E-state index in [-0.39, 0.29) is 0 Å². The lowest BCUT2D eigenvalue weighted by atomic mass is 9.46. The molecule has 0 aromatic rings. The molecule has 84 valence electrons. The van der Waals surface area contributed by atoms with E-state index in [0.29, 0.717) is 17.6 Å². The number of hydrogen-bond donors (Lipinski definition) is 1. The summed E-state index contributed by atoms with van der Waals surface area (Å²) in [5.41, 5.74) is 0.504. The lowest BCUT2D eigenvalue weighted by molar-refractivity contribution is -0.175. The predicted molar refractivity (Wildman–Crippen MR) is 64.0 cm³/mol. The summed E-state index contributed by atoms with van der Waals surface area (Å²) in [4.78, 5) is 0. The Labute approximate surface area is 99.6 Å². The van der Waals surface area contributed by atoms with Gasteiger partial charge >= 0.3 is 0 Å². The number of fused-ring (bicyclic) bond motifs is 2. The molecule has 2 saturated carbocycles. The molecule has 3 heteroatoms. The van der Waals surface area contributed by atoms with Crippen LogP contribution in [0.25, 0.3) is 0 Å². The Kier molecular flexibility index (Phi) is 2.45. The zero-order valence-electron chi connectivity index (χ0n) is 8.97. The summed E-state index contributed by atoms with van der Waals surface area (Å²) in [7, 11) is 0. The monoisotopic (exact) mass is 271 g/mol. The van der Waals surface area contributed by atoms with Gasteiger partial charge in [-0.1, -0.05) is 28.9 Å². The van der Waals surface area contributed by atoms with Crippen LogP contribution in [-0.4, -0.2) is 25.3 Å². The maximum Gasteiger partial charge on any atom is 0.0690 e. The molecule has 1 heterocycles. The molecule has 0 aromatic carbocycles. The second-order valence-electron chi connectivity index (χ2n) is 5.21. The summed E-state index contributed by atoms with van der Waals surface area (Å²) in [6, 6.07) is 0.688. The highest BCUT2D eigenvalue weighted by Gasteiger charge is 2.66. The highest BCUT2D eigenvalue weighted by molar-refractivity contribution is 9.11. The molecule has 0 radical (unpaired) electrons. The maximum atomic E-state index is 5.87. The average Bonchev–Trinajstić information content (AvgIpc) is 2.47. The molecule has 3 fully saturated rings. The minimum atomic E-state index is 0.504. The fourth-order valence-electron chi connectivity index (χ4n) is 3.78. The summed E-state index contributed by atoms with van der Waals surface area (Å²) in [6.45, 7) is 5.76. The molecule has 3 atom stereocenters. The number of rotatable bonds is 3. The van der Waals surface area contributed by atoms with Gasteiger partial charge in [0.1, 0.15) is 0 Å². The van der Waals surface area contributed by atoms with Gasteiger partial charge in [0.15, 0.2) is 0 Å². The Bertz CT molecular complexity index is 287. The maximum absolute atomic E-state index is 5.87. The molecule has 1 aliphatic heterocycles. The number of nitrogens with one attached hydrogen (secondary N) is 1. The quantitative estimate of drug-likeness (QED) is 0.852. The van der Waals surface area contributed by atoms with E-state index in [1.165, 1.54) is 25.7 Å². The fourth-order valence-corrected chi connectivity index (χ4v) is 3.94. The van der Waals surface area contributed by atoms with E-state index in [1.54, 1.807) is 0 Å². The van der Waals surface area contributed by atoms with Crippen molar-refractivity contribution in [2.24, 2.45) is 11.3 Å². The first-order valence-corrected chi connectivity index (χ1v) is 6.72. The summed E-state index contributed by atoms with van der Waals surface area (Å²) < 4.78 is 6.93. The van der Waals surface area contributed by atoms with Crippen molar-refractivity contribution in [2.45, 2.75) is 37.8 Å². The molecule has 3 rings (SSSR count). The zero-order valence-corrected chi connectivity index (χ0v) is 10.6. The van der Waals surface area contributed by atoms with Gasteiger partial charge in [0.25, 0.3) is 0 Å². The lowest BCUT2D eigenvalue weighted by Gasteiger charge is -2.63. The number of hydrogen-bond acceptors (Lipinski definition) is 2. The van der Waals surface area contributed by atoms with Crippen LogP contribution in [0.15, 0.2) is 11.1 Å². The number of halogens is 1. The van der Waals surface area contributed by atoms with Crippen LogP contribution in [-0.2, 0) is 4.74 Å². The average molecular weight is 272 g/mol. The van der Waals surface area contributed by atoms with Gasteiger partial charge in [-0.25, -0.2) is 0 Å². The molecule has 3 unspecified atom stereocenters. The molecular weight excluding hydrogens is 254 g/mol.